The Balaban J connectivity index is 1.69. The molecule has 8 nitrogen and oxygen atoms in total. The zero-order valence-electron chi connectivity index (χ0n) is 16.8. The van der Waals surface area contributed by atoms with E-state index in [-0.39, 0.29) is 28.7 Å². The van der Waals surface area contributed by atoms with Crippen molar-refractivity contribution in [2.24, 2.45) is 0 Å². The molecule has 0 amide bonds. The Bertz CT molecular complexity index is 956. The maximum Gasteiger partial charge on any atom is 0.339 e. The number of benzene rings is 1. The molecule has 0 aliphatic carbocycles. The molecule has 8 heteroatoms. The monoisotopic (exact) mass is 400 g/mol. The van der Waals surface area contributed by atoms with E-state index in [0.29, 0.717) is 12.1 Å². The molecule has 1 saturated heterocycles. The van der Waals surface area contributed by atoms with Gasteiger partial charge >= 0.3 is 5.97 Å². The number of ether oxygens (including phenoxy) is 2. The molecule has 0 N–H and O–H groups in total. The number of nitrogens with zero attached hydrogens (tertiary/aromatic N) is 2. The van der Waals surface area contributed by atoms with E-state index < -0.39 is 17.5 Å². The fraction of sp³-hybridized carbons (Fsp3) is 0.429. The molecule has 3 rings (SSSR count). The molecule has 2 heterocycles. The Morgan fingerprint density at radius 1 is 1.28 bits per heavy atom. The molecule has 29 heavy (non-hydrogen) atoms. The van der Waals surface area contributed by atoms with Crippen molar-refractivity contribution in [3.63, 3.8) is 0 Å². The maximum atomic E-state index is 12.6. The first-order valence-electron chi connectivity index (χ1n) is 9.52. The van der Waals surface area contributed by atoms with Crippen LogP contribution in [0.1, 0.15) is 50.5 Å². The summed E-state index contributed by atoms with van der Waals surface area (Å²) in [6.07, 6.45) is 2.20. The van der Waals surface area contributed by atoms with E-state index >= 15 is 0 Å². The summed E-state index contributed by atoms with van der Waals surface area (Å²) in [4.78, 5) is 35.5. The number of hydrogen-bond donors (Lipinski definition) is 0. The molecule has 154 valence electrons. The molecule has 1 aromatic heterocycles. The van der Waals surface area contributed by atoms with Gasteiger partial charge in [-0.25, -0.2) is 4.79 Å². The third-order valence-electron chi connectivity index (χ3n) is 5.34. The van der Waals surface area contributed by atoms with Crippen LogP contribution in [-0.2, 0) is 16.0 Å². The molecule has 1 unspecified atom stereocenters. The average Bonchev–Trinajstić information content (AvgIpc) is 3.29. The summed E-state index contributed by atoms with van der Waals surface area (Å²) in [6, 6.07) is 5.98. The summed E-state index contributed by atoms with van der Waals surface area (Å²) in [5.41, 5.74) is 2.39. The van der Waals surface area contributed by atoms with Crippen molar-refractivity contribution in [1.29, 1.82) is 0 Å². The Labute approximate surface area is 168 Å². The van der Waals surface area contributed by atoms with Crippen molar-refractivity contribution in [1.82, 2.24) is 4.57 Å². The molecule has 0 bridgehead atoms. The van der Waals surface area contributed by atoms with Gasteiger partial charge in [0.25, 0.3) is 5.69 Å². The molecule has 0 radical (unpaired) electrons. The van der Waals surface area contributed by atoms with Crippen LogP contribution in [0, 0.1) is 30.9 Å². The molecule has 1 atom stereocenters. The Morgan fingerprint density at radius 2 is 2.03 bits per heavy atom. The number of aromatic nitrogens is 1. The quantitative estimate of drug-likeness (QED) is 0.305. The SMILES string of the molecule is Cc1c(C(=O)OCC(=O)c2cc(C)n(CC3CCCO3)c2C)cccc1[N+](=O)[O-]. The fourth-order valence-electron chi connectivity index (χ4n) is 3.69. The molecule has 0 saturated carbocycles. The van der Waals surface area contributed by atoms with Gasteiger partial charge in [0.1, 0.15) is 0 Å². The highest BCUT2D eigenvalue weighted by molar-refractivity contribution is 6.00. The van der Waals surface area contributed by atoms with Crippen LogP contribution in [0.3, 0.4) is 0 Å². The van der Waals surface area contributed by atoms with Gasteiger partial charge in [0.05, 0.1) is 16.6 Å². The van der Waals surface area contributed by atoms with Gasteiger partial charge in [-0.3, -0.25) is 14.9 Å². The van der Waals surface area contributed by atoms with Crippen molar-refractivity contribution in [3.8, 4) is 0 Å². The lowest BCUT2D eigenvalue weighted by molar-refractivity contribution is -0.385. The van der Waals surface area contributed by atoms with Crippen LogP contribution in [-0.4, -0.2) is 40.6 Å². The Hall–Kier alpha value is -3.00. The third kappa shape index (κ3) is 4.37. The molecular weight excluding hydrogens is 376 g/mol. The second-order valence-electron chi connectivity index (χ2n) is 7.24. The number of hydrogen-bond acceptors (Lipinski definition) is 6. The predicted molar refractivity (Wildman–Crippen MR) is 105 cm³/mol. The van der Waals surface area contributed by atoms with Crippen molar-refractivity contribution in [2.75, 3.05) is 13.2 Å². The first-order chi connectivity index (χ1) is 13.8. The minimum absolute atomic E-state index is 0.0795. The number of rotatable bonds is 7. The van der Waals surface area contributed by atoms with Crippen LogP contribution < -0.4 is 0 Å². The van der Waals surface area contributed by atoms with Gasteiger partial charge in [-0.2, -0.15) is 0 Å². The van der Waals surface area contributed by atoms with Crippen molar-refractivity contribution < 1.29 is 24.0 Å². The normalized spacial score (nSPS) is 16.0. The standard InChI is InChI=1S/C21H24N2O6/c1-13-10-18(15(3)22(13)11-16-6-5-9-28-16)20(24)12-29-21(25)17-7-4-8-19(14(17)2)23(26)27/h4,7-8,10,16H,5-6,9,11-12H2,1-3H3. The molecular formula is C21H24N2O6. The van der Waals surface area contributed by atoms with Crippen LogP contribution in [0.15, 0.2) is 24.3 Å². The van der Waals surface area contributed by atoms with Gasteiger partial charge in [-0.1, -0.05) is 6.07 Å². The minimum Gasteiger partial charge on any atom is -0.454 e. The molecule has 1 aliphatic rings. The second-order valence-corrected chi connectivity index (χ2v) is 7.24. The van der Waals surface area contributed by atoms with Gasteiger partial charge in [0.15, 0.2) is 6.61 Å². The summed E-state index contributed by atoms with van der Waals surface area (Å²) < 4.78 is 12.9. The zero-order chi connectivity index (χ0) is 21.1. The molecule has 1 fully saturated rings. The first-order valence-corrected chi connectivity index (χ1v) is 9.52. The fourth-order valence-corrected chi connectivity index (χ4v) is 3.69. The minimum atomic E-state index is -0.757. The Morgan fingerprint density at radius 3 is 2.69 bits per heavy atom. The van der Waals surface area contributed by atoms with Crippen LogP contribution >= 0.6 is 0 Å². The van der Waals surface area contributed by atoms with E-state index in [1.165, 1.54) is 25.1 Å². The van der Waals surface area contributed by atoms with Gasteiger partial charge in [0.2, 0.25) is 5.78 Å². The van der Waals surface area contributed by atoms with E-state index in [4.69, 9.17) is 9.47 Å². The number of nitro groups is 1. The lowest BCUT2D eigenvalue weighted by Gasteiger charge is -2.14. The van der Waals surface area contributed by atoms with Gasteiger partial charge in [-0.05, 0) is 45.7 Å². The highest BCUT2D eigenvalue weighted by atomic mass is 16.6. The number of aryl methyl sites for hydroxylation is 1. The zero-order valence-corrected chi connectivity index (χ0v) is 16.8. The van der Waals surface area contributed by atoms with E-state index in [1.807, 2.05) is 13.8 Å². The molecule has 1 aliphatic heterocycles. The Kier molecular flexibility index (Phi) is 6.12. The van der Waals surface area contributed by atoms with Gasteiger partial charge in [-0.15, -0.1) is 0 Å². The number of carbonyl (C=O) groups excluding carboxylic acids is 2. The summed E-state index contributed by atoms with van der Waals surface area (Å²) in [6.45, 7) is 6.31. The van der Waals surface area contributed by atoms with Crippen molar-refractivity contribution >= 4 is 17.4 Å². The van der Waals surface area contributed by atoms with Crippen molar-refractivity contribution in [2.45, 2.75) is 46.3 Å². The summed E-state index contributed by atoms with van der Waals surface area (Å²) in [7, 11) is 0. The highest BCUT2D eigenvalue weighted by Crippen LogP contribution is 2.23. The summed E-state index contributed by atoms with van der Waals surface area (Å²) in [5.74, 6) is -1.07. The van der Waals surface area contributed by atoms with Gasteiger partial charge in [0, 0.05) is 41.7 Å². The highest BCUT2D eigenvalue weighted by Gasteiger charge is 2.23. The number of nitro benzene ring substituents is 1. The number of esters is 1. The average molecular weight is 400 g/mol. The van der Waals surface area contributed by atoms with Crippen LogP contribution in [0.25, 0.3) is 0 Å². The van der Waals surface area contributed by atoms with E-state index in [0.717, 1.165) is 30.8 Å². The maximum absolute atomic E-state index is 12.6. The number of ketones is 1. The summed E-state index contributed by atoms with van der Waals surface area (Å²) >= 11 is 0. The smallest absolute Gasteiger partial charge is 0.339 e. The molecule has 0 spiro atoms. The second kappa shape index (κ2) is 8.57. The topological polar surface area (TPSA) is 101 Å². The van der Waals surface area contributed by atoms with Crippen LogP contribution in [0.2, 0.25) is 0 Å². The van der Waals surface area contributed by atoms with Gasteiger partial charge < -0.3 is 14.0 Å². The lowest BCUT2D eigenvalue weighted by Crippen LogP contribution is -2.18. The summed E-state index contributed by atoms with van der Waals surface area (Å²) in [5, 5.41) is 11.0. The van der Waals surface area contributed by atoms with E-state index in [9.17, 15) is 19.7 Å². The third-order valence-corrected chi connectivity index (χ3v) is 5.34. The van der Waals surface area contributed by atoms with E-state index in [2.05, 4.69) is 4.57 Å². The molecule has 1 aromatic carbocycles. The number of carbonyl (C=O) groups is 2. The van der Waals surface area contributed by atoms with E-state index in [1.54, 1.807) is 6.07 Å². The lowest BCUT2D eigenvalue weighted by atomic mass is 10.1. The first kappa shape index (κ1) is 20.7. The van der Waals surface area contributed by atoms with Crippen LogP contribution in [0.4, 0.5) is 5.69 Å². The van der Waals surface area contributed by atoms with Crippen LogP contribution in [0.5, 0.6) is 0 Å². The largest absolute Gasteiger partial charge is 0.454 e. The predicted octanol–water partition coefficient (Wildman–Crippen LogP) is 3.54. The number of Topliss-reactive ketones (excluding diaryl/α,β-unsaturated/α-hetero) is 1. The van der Waals surface area contributed by atoms with Crippen molar-refractivity contribution in [3.05, 3.63) is 62.5 Å². The molecule has 2 aromatic rings.